The van der Waals surface area contributed by atoms with Gasteiger partial charge in [0.25, 0.3) is 0 Å². The van der Waals surface area contributed by atoms with Crippen molar-refractivity contribution >= 4 is 17.7 Å². The highest BCUT2D eigenvalue weighted by Crippen LogP contribution is 2.32. The van der Waals surface area contributed by atoms with Gasteiger partial charge in [-0.3, -0.25) is 4.79 Å². The third kappa shape index (κ3) is 3.76. The quantitative estimate of drug-likeness (QED) is 0.876. The van der Waals surface area contributed by atoms with E-state index in [0.29, 0.717) is 0 Å². The minimum Gasteiger partial charge on any atom is -0.346 e. The van der Waals surface area contributed by atoms with Crippen LogP contribution in [0.1, 0.15) is 49.2 Å². The summed E-state index contributed by atoms with van der Waals surface area (Å²) in [5.41, 5.74) is 4.57. The first-order valence-electron chi connectivity index (χ1n) is 8.97. The second kappa shape index (κ2) is 7.65. The molecule has 2 heterocycles. The lowest BCUT2D eigenvalue weighted by molar-refractivity contribution is -0.134. The summed E-state index contributed by atoms with van der Waals surface area (Å²) in [4.78, 5) is 23.0. The van der Waals surface area contributed by atoms with Crippen LogP contribution in [0.5, 0.6) is 0 Å². The lowest BCUT2D eigenvalue weighted by Gasteiger charge is -2.36. The summed E-state index contributed by atoms with van der Waals surface area (Å²) in [5.74, 6) is 1.14. The average Bonchev–Trinajstić information content (AvgIpc) is 3.12. The molecule has 0 saturated carbocycles. The molecule has 0 aliphatic carbocycles. The summed E-state index contributed by atoms with van der Waals surface area (Å²) in [6.45, 7) is 7.03. The number of rotatable bonds is 4. The van der Waals surface area contributed by atoms with Crippen molar-refractivity contribution < 1.29 is 4.79 Å². The molecule has 1 aliphatic rings. The third-order valence-electron chi connectivity index (χ3n) is 5.07. The molecule has 1 aromatic heterocycles. The molecular formula is C20H27N3OS. The molecule has 4 nitrogen and oxygen atoms in total. The van der Waals surface area contributed by atoms with E-state index < -0.39 is 0 Å². The number of benzene rings is 1. The smallest absolute Gasteiger partial charge is 0.236 e. The average molecular weight is 358 g/mol. The van der Waals surface area contributed by atoms with Crippen molar-refractivity contribution in [2.24, 2.45) is 0 Å². The van der Waals surface area contributed by atoms with Gasteiger partial charge in [-0.1, -0.05) is 17.7 Å². The molecule has 2 unspecified atom stereocenters. The number of H-pyrrole nitrogens is 1. The second-order valence-corrected chi connectivity index (χ2v) is 8.09. The number of aromatic amines is 1. The summed E-state index contributed by atoms with van der Waals surface area (Å²) >= 11 is 1.61. The predicted molar refractivity (Wildman–Crippen MR) is 105 cm³/mol. The van der Waals surface area contributed by atoms with E-state index in [4.69, 9.17) is 4.98 Å². The number of imidazole rings is 1. The third-order valence-corrected chi connectivity index (χ3v) is 5.98. The molecule has 3 rings (SSSR count). The largest absolute Gasteiger partial charge is 0.346 e. The Morgan fingerprint density at radius 2 is 2.16 bits per heavy atom. The molecule has 134 valence electrons. The number of hydrogen-bond acceptors (Lipinski definition) is 3. The van der Waals surface area contributed by atoms with Crippen molar-refractivity contribution in [3.05, 3.63) is 41.3 Å². The van der Waals surface area contributed by atoms with E-state index in [0.717, 1.165) is 42.9 Å². The van der Waals surface area contributed by atoms with E-state index in [-0.39, 0.29) is 17.2 Å². The van der Waals surface area contributed by atoms with Crippen LogP contribution in [0.3, 0.4) is 0 Å². The first kappa shape index (κ1) is 18.1. The van der Waals surface area contributed by atoms with Gasteiger partial charge in [0.2, 0.25) is 5.91 Å². The molecule has 1 aliphatic heterocycles. The van der Waals surface area contributed by atoms with E-state index in [9.17, 15) is 4.79 Å². The standard InChI is InChI=1S/C20H27N3OS/c1-13-8-9-14(2)16(11-13)17-12-21-19(22-17)18-7-5-6-10-23(18)20(24)15(3)25-4/h8-9,11-12,15,18H,5-7,10H2,1-4H3,(H,21,22). The lowest BCUT2D eigenvalue weighted by Crippen LogP contribution is -2.42. The number of likely N-dealkylation sites (tertiary alicyclic amines) is 1. The fraction of sp³-hybridized carbons (Fsp3) is 0.500. The van der Waals surface area contributed by atoms with Crippen LogP contribution in [0.2, 0.25) is 0 Å². The van der Waals surface area contributed by atoms with Gasteiger partial charge in [0.15, 0.2) is 0 Å². The van der Waals surface area contributed by atoms with Crippen LogP contribution in [-0.2, 0) is 4.79 Å². The van der Waals surface area contributed by atoms with E-state index in [1.807, 2.05) is 24.3 Å². The van der Waals surface area contributed by atoms with Gasteiger partial charge in [-0.2, -0.15) is 11.8 Å². The van der Waals surface area contributed by atoms with Crippen LogP contribution < -0.4 is 0 Å². The molecule has 25 heavy (non-hydrogen) atoms. The van der Waals surface area contributed by atoms with Gasteiger partial charge in [0, 0.05) is 18.3 Å². The Morgan fingerprint density at radius 1 is 1.36 bits per heavy atom. The van der Waals surface area contributed by atoms with Gasteiger partial charge in [-0.25, -0.2) is 4.98 Å². The molecule has 0 bridgehead atoms. The predicted octanol–water partition coefficient (Wildman–Crippen LogP) is 4.50. The van der Waals surface area contributed by atoms with Crippen molar-refractivity contribution in [2.45, 2.75) is 51.3 Å². The van der Waals surface area contributed by atoms with Crippen LogP contribution in [-0.4, -0.2) is 38.8 Å². The molecule has 1 N–H and O–H groups in total. The van der Waals surface area contributed by atoms with E-state index in [1.165, 1.54) is 11.1 Å². The molecular weight excluding hydrogens is 330 g/mol. The second-order valence-electron chi connectivity index (χ2n) is 6.91. The molecule has 5 heteroatoms. The van der Waals surface area contributed by atoms with Crippen molar-refractivity contribution in [3.63, 3.8) is 0 Å². The Bertz CT molecular complexity index is 755. The van der Waals surface area contributed by atoms with Gasteiger partial charge >= 0.3 is 0 Å². The summed E-state index contributed by atoms with van der Waals surface area (Å²) in [5, 5.41) is -0.00551. The van der Waals surface area contributed by atoms with Gasteiger partial charge in [0.1, 0.15) is 5.82 Å². The van der Waals surface area contributed by atoms with Crippen LogP contribution in [0.15, 0.2) is 24.4 Å². The highest BCUT2D eigenvalue weighted by Gasteiger charge is 2.32. The van der Waals surface area contributed by atoms with E-state index in [1.54, 1.807) is 11.8 Å². The van der Waals surface area contributed by atoms with Crippen LogP contribution >= 0.6 is 11.8 Å². The number of aryl methyl sites for hydroxylation is 2. The zero-order valence-electron chi connectivity index (χ0n) is 15.5. The molecule has 2 atom stereocenters. The minimum absolute atomic E-state index is 0.00551. The number of nitrogens with one attached hydrogen (secondary N) is 1. The van der Waals surface area contributed by atoms with Gasteiger partial charge in [-0.15, -0.1) is 0 Å². The normalized spacial score (nSPS) is 19.0. The fourth-order valence-corrected chi connectivity index (χ4v) is 3.81. The molecule has 0 spiro atoms. The van der Waals surface area contributed by atoms with Crippen molar-refractivity contribution in [1.82, 2.24) is 14.9 Å². The summed E-state index contributed by atoms with van der Waals surface area (Å²) in [7, 11) is 0. The number of amides is 1. The van der Waals surface area contributed by atoms with Gasteiger partial charge in [0.05, 0.1) is 17.0 Å². The maximum atomic E-state index is 12.8. The van der Waals surface area contributed by atoms with Crippen molar-refractivity contribution in [2.75, 3.05) is 12.8 Å². The zero-order valence-corrected chi connectivity index (χ0v) is 16.3. The number of aromatic nitrogens is 2. The van der Waals surface area contributed by atoms with E-state index >= 15 is 0 Å². The first-order valence-corrected chi connectivity index (χ1v) is 10.3. The number of thioether (sulfide) groups is 1. The summed E-state index contributed by atoms with van der Waals surface area (Å²) in [6.07, 6.45) is 7.17. The molecule has 1 aromatic carbocycles. The number of carbonyl (C=O) groups excluding carboxylic acids is 1. The fourth-order valence-electron chi connectivity index (χ4n) is 3.47. The van der Waals surface area contributed by atoms with Crippen LogP contribution in [0.4, 0.5) is 0 Å². The minimum atomic E-state index is -0.00551. The number of nitrogens with zero attached hydrogens (tertiary/aromatic N) is 2. The molecule has 1 amide bonds. The highest BCUT2D eigenvalue weighted by molar-refractivity contribution is 7.99. The molecule has 0 radical (unpaired) electrons. The highest BCUT2D eigenvalue weighted by atomic mass is 32.2. The van der Waals surface area contributed by atoms with Gasteiger partial charge < -0.3 is 9.88 Å². The molecule has 1 fully saturated rings. The molecule has 2 aromatic rings. The Hall–Kier alpha value is -1.75. The summed E-state index contributed by atoms with van der Waals surface area (Å²) in [6, 6.07) is 6.50. The van der Waals surface area contributed by atoms with Crippen LogP contribution in [0, 0.1) is 13.8 Å². The Morgan fingerprint density at radius 3 is 2.92 bits per heavy atom. The maximum Gasteiger partial charge on any atom is 0.236 e. The number of carbonyl (C=O) groups is 1. The van der Waals surface area contributed by atoms with Crippen molar-refractivity contribution in [3.8, 4) is 11.3 Å². The molecule has 1 saturated heterocycles. The lowest BCUT2D eigenvalue weighted by atomic mass is 10.0. The summed E-state index contributed by atoms with van der Waals surface area (Å²) < 4.78 is 0. The SMILES string of the molecule is CSC(C)C(=O)N1CCCCC1c1nc(-c2cc(C)ccc2C)c[nH]1. The monoisotopic (exact) mass is 357 g/mol. The maximum absolute atomic E-state index is 12.8. The first-order chi connectivity index (χ1) is 12.0. The number of hydrogen-bond donors (Lipinski definition) is 1. The Kier molecular flexibility index (Phi) is 5.52. The topological polar surface area (TPSA) is 49.0 Å². The number of piperidine rings is 1. The van der Waals surface area contributed by atoms with E-state index in [2.05, 4.69) is 37.0 Å². The van der Waals surface area contributed by atoms with Gasteiger partial charge in [-0.05, 0) is 57.9 Å². The Balaban J connectivity index is 1.89. The zero-order chi connectivity index (χ0) is 18.0. The van der Waals surface area contributed by atoms with Crippen LogP contribution in [0.25, 0.3) is 11.3 Å². The Labute approximate surface area is 154 Å². The van der Waals surface area contributed by atoms with Crippen molar-refractivity contribution in [1.29, 1.82) is 0 Å².